The molecule has 0 amide bonds. The first-order chi connectivity index (χ1) is 7.16. The highest BCUT2D eigenvalue weighted by molar-refractivity contribution is 9.10. The molecule has 0 aromatic heterocycles. The molecule has 1 N–H and O–H groups in total. The van der Waals surface area contributed by atoms with Gasteiger partial charge in [-0.25, -0.2) is 0 Å². The lowest BCUT2D eigenvalue weighted by molar-refractivity contribution is 0.228. The summed E-state index contributed by atoms with van der Waals surface area (Å²) in [5.74, 6) is 0. The second kappa shape index (κ2) is 3.87. The van der Waals surface area contributed by atoms with Gasteiger partial charge in [-0.15, -0.1) is 0 Å². The van der Waals surface area contributed by atoms with Crippen molar-refractivity contribution >= 4 is 15.9 Å². The molecule has 0 saturated carbocycles. The Labute approximate surface area is 96.7 Å². The molecular weight excluding hydrogens is 256 g/mol. The van der Waals surface area contributed by atoms with E-state index in [9.17, 15) is 5.11 Å². The van der Waals surface area contributed by atoms with E-state index in [1.54, 1.807) is 0 Å². The fourth-order valence-electron chi connectivity index (χ4n) is 1.64. The summed E-state index contributed by atoms with van der Waals surface area (Å²) < 4.78 is 0.973. The molecule has 1 aromatic carbocycles. The van der Waals surface area contributed by atoms with Crippen LogP contribution in [-0.4, -0.2) is 11.7 Å². The molecule has 1 atom stereocenters. The molecule has 3 nitrogen and oxygen atoms in total. The van der Waals surface area contributed by atoms with Crippen molar-refractivity contribution in [1.82, 2.24) is 0 Å². The molecular formula is C11H11BrN2O. The Kier molecular flexibility index (Phi) is 2.71. The summed E-state index contributed by atoms with van der Waals surface area (Å²) in [6.45, 7) is 1.81. The second-order valence-electron chi connectivity index (χ2n) is 3.58. The Hall–Kier alpha value is -1.00. The molecule has 1 aromatic rings. The molecule has 0 bridgehead atoms. The van der Waals surface area contributed by atoms with Crippen molar-refractivity contribution in [2.45, 2.75) is 12.5 Å². The fourth-order valence-corrected chi connectivity index (χ4v) is 2.04. The van der Waals surface area contributed by atoms with Gasteiger partial charge in [-0.3, -0.25) is 0 Å². The van der Waals surface area contributed by atoms with Crippen LogP contribution >= 0.6 is 15.9 Å². The van der Waals surface area contributed by atoms with Gasteiger partial charge in [-0.1, -0.05) is 28.1 Å². The number of allylic oxidation sites excluding steroid dienone is 1. The van der Waals surface area contributed by atoms with Gasteiger partial charge in [0.25, 0.3) is 0 Å². The van der Waals surface area contributed by atoms with E-state index in [0.29, 0.717) is 0 Å². The van der Waals surface area contributed by atoms with Crippen LogP contribution in [0.4, 0.5) is 0 Å². The first kappa shape index (κ1) is 10.5. The number of aliphatic hydroxyl groups excluding tert-OH is 1. The van der Waals surface area contributed by atoms with E-state index >= 15 is 0 Å². The molecule has 0 saturated heterocycles. The van der Waals surface area contributed by atoms with E-state index in [0.717, 1.165) is 15.7 Å². The Morgan fingerprint density at radius 3 is 2.80 bits per heavy atom. The lowest BCUT2D eigenvalue weighted by atomic mass is 9.91. The van der Waals surface area contributed by atoms with Crippen LogP contribution in [-0.2, 0) is 5.54 Å². The van der Waals surface area contributed by atoms with Gasteiger partial charge in [0.05, 0.1) is 12.3 Å². The predicted molar refractivity (Wildman–Crippen MR) is 61.5 cm³/mol. The maximum absolute atomic E-state index is 9.46. The molecule has 0 spiro atoms. The van der Waals surface area contributed by atoms with Crippen LogP contribution in [0.1, 0.15) is 12.5 Å². The lowest BCUT2D eigenvalue weighted by Crippen LogP contribution is -2.23. The average Bonchev–Trinajstić information content (AvgIpc) is 2.61. The molecule has 15 heavy (non-hydrogen) atoms. The van der Waals surface area contributed by atoms with Crippen LogP contribution in [0.5, 0.6) is 0 Å². The summed E-state index contributed by atoms with van der Waals surface area (Å²) in [6.07, 6.45) is 1.88. The molecule has 2 rings (SSSR count). The molecule has 1 unspecified atom stereocenters. The van der Waals surface area contributed by atoms with Gasteiger partial charge in [-0.05, 0) is 30.7 Å². The molecule has 4 heteroatoms. The van der Waals surface area contributed by atoms with Gasteiger partial charge in [-0.2, -0.15) is 10.2 Å². The highest BCUT2D eigenvalue weighted by atomic mass is 79.9. The zero-order chi connectivity index (χ0) is 10.9. The number of hydrogen-bond acceptors (Lipinski definition) is 3. The highest BCUT2D eigenvalue weighted by Gasteiger charge is 2.32. The first-order valence-electron chi connectivity index (χ1n) is 4.65. The minimum absolute atomic E-state index is 0.0652. The first-order valence-corrected chi connectivity index (χ1v) is 5.45. The Morgan fingerprint density at radius 2 is 2.27 bits per heavy atom. The van der Waals surface area contributed by atoms with Crippen LogP contribution in [0.25, 0.3) is 0 Å². The maximum atomic E-state index is 9.46. The number of azo groups is 1. The van der Waals surface area contributed by atoms with Crippen molar-refractivity contribution in [3.8, 4) is 0 Å². The Balaban J connectivity index is 2.49. The molecule has 78 valence electrons. The molecule has 1 aliphatic heterocycles. The van der Waals surface area contributed by atoms with Gasteiger partial charge in [0.15, 0.2) is 0 Å². The summed E-state index contributed by atoms with van der Waals surface area (Å²) in [5, 5.41) is 17.6. The van der Waals surface area contributed by atoms with E-state index in [4.69, 9.17) is 0 Å². The second-order valence-corrected chi connectivity index (χ2v) is 4.49. The van der Waals surface area contributed by atoms with Gasteiger partial charge in [0.2, 0.25) is 0 Å². The third-order valence-electron chi connectivity index (χ3n) is 2.40. The lowest BCUT2D eigenvalue weighted by Gasteiger charge is -2.20. The van der Waals surface area contributed by atoms with Crippen LogP contribution in [0.15, 0.2) is 50.7 Å². The van der Waals surface area contributed by atoms with Gasteiger partial charge >= 0.3 is 0 Å². The minimum Gasteiger partial charge on any atom is -0.393 e. The van der Waals surface area contributed by atoms with E-state index in [-0.39, 0.29) is 6.61 Å². The molecule has 1 heterocycles. The highest BCUT2D eigenvalue weighted by Crippen LogP contribution is 2.34. The number of hydrogen-bond donors (Lipinski definition) is 1. The van der Waals surface area contributed by atoms with Crippen molar-refractivity contribution < 1.29 is 5.11 Å². The number of benzene rings is 1. The molecule has 0 fully saturated rings. The van der Waals surface area contributed by atoms with Crippen LogP contribution in [0.3, 0.4) is 0 Å². The standard InChI is InChI=1S/C11H11BrN2O/c1-8-6-11(7-15,14-13-8)9-3-2-4-10(12)5-9/h2-6,15H,7H2,1H3. The number of nitrogens with zero attached hydrogens (tertiary/aromatic N) is 2. The van der Waals surface area contributed by atoms with Crippen molar-refractivity contribution in [1.29, 1.82) is 0 Å². The zero-order valence-corrected chi connectivity index (χ0v) is 9.90. The number of rotatable bonds is 2. The molecule has 0 radical (unpaired) electrons. The van der Waals surface area contributed by atoms with Gasteiger partial charge < -0.3 is 5.11 Å². The molecule has 1 aliphatic rings. The topological polar surface area (TPSA) is 45.0 Å². The van der Waals surface area contributed by atoms with Gasteiger partial charge in [0, 0.05) is 4.47 Å². The van der Waals surface area contributed by atoms with Crippen molar-refractivity contribution in [2.24, 2.45) is 10.2 Å². The summed E-state index contributed by atoms with van der Waals surface area (Å²) in [4.78, 5) is 0. The average molecular weight is 267 g/mol. The van der Waals surface area contributed by atoms with E-state index < -0.39 is 5.54 Å². The van der Waals surface area contributed by atoms with Crippen LogP contribution < -0.4 is 0 Å². The summed E-state index contributed by atoms with van der Waals surface area (Å²) in [7, 11) is 0. The minimum atomic E-state index is -0.687. The van der Waals surface area contributed by atoms with Crippen LogP contribution in [0.2, 0.25) is 0 Å². The Bertz CT molecular complexity index is 442. The van der Waals surface area contributed by atoms with Crippen molar-refractivity contribution in [3.63, 3.8) is 0 Å². The van der Waals surface area contributed by atoms with E-state index in [1.165, 1.54) is 0 Å². The maximum Gasteiger partial charge on any atom is 0.150 e. The normalized spacial score (nSPS) is 24.3. The molecule has 0 aliphatic carbocycles. The van der Waals surface area contributed by atoms with Gasteiger partial charge in [0.1, 0.15) is 5.54 Å². The van der Waals surface area contributed by atoms with Crippen molar-refractivity contribution in [2.75, 3.05) is 6.61 Å². The smallest absolute Gasteiger partial charge is 0.150 e. The fraction of sp³-hybridized carbons (Fsp3) is 0.273. The number of aliphatic hydroxyl groups is 1. The summed E-state index contributed by atoms with van der Waals surface area (Å²) >= 11 is 3.40. The van der Waals surface area contributed by atoms with E-state index in [2.05, 4.69) is 26.2 Å². The third-order valence-corrected chi connectivity index (χ3v) is 2.89. The van der Waals surface area contributed by atoms with Crippen LogP contribution in [0, 0.1) is 0 Å². The Morgan fingerprint density at radius 1 is 1.47 bits per heavy atom. The van der Waals surface area contributed by atoms with Crippen molar-refractivity contribution in [3.05, 3.63) is 46.1 Å². The predicted octanol–water partition coefficient (Wildman–Crippen LogP) is 3.01. The SMILES string of the molecule is CC1=CC(CO)(c2cccc(Br)c2)N=N1. The largest absolute Gasteiger partial charge is 0.393 e. The third kappa shape index (κ3) is 1.87. The van der Waals surface area contributed by atoms with E-state index in [1.807, 2.05) is 37.3 Å². The quantitative estimate of drug-likeness (QED) is 0.879. The summed E-state index contributed by atoms with van der Waals surface area (Å²) in [6, 6.07) is 7.75. The monoisotopic (exact) mass is 266 g/mol. The number of halogens is 1. The summed E-state index contributed by atoms with van der Waals surface area (Å²) in [5.41, 5.74) is 1.09. The zero-order valence-electron chi connectivity index (χ0n) is 8.31.